The molecule has 1 atom stereocenters. The van der Waals surface area contributed by atoms with Gasteiger partial charge in [0.25, 0.3) is 10.0 Å². The van der Waals surface area contributed by atoms with Crippen LogP contribution in [0.3, 0.4) is 0 Å². The number of hydrogen-bond donors (Lipinski definition) is 2. The summed E-state index contributed by atoms with van der Waals surface area (Å²) >= 11 is 4.28. The number of aryl methyl sites for hydroxylation is 2. The maximum absolute atomic E-state index is 12.3. The maximum atomic E-state index is 12.3. The first-order valence-corrected chi connectivity index (χ1v) is 8.79. The molecule has 0 aliphatic rings. The lowest BCUT2D eigenvalue weighted by Gasteiger charge is -2.12. The van der Waals surface area contributed by atoms with Gasteiger partial charge in [0.15, 0.2) is 0 Å². The van der Waals surface area contributed by atoms with Crippen molar-refractivity contribution >= 4 is 43.3 Å². The molecule has 0 fully saturated rings. The van der Waals surface area contributed by atoms with E-state index in [1.54, 1.807) is 14.0 Å². The first kappa shape index (κ1) is 16.1. The molecule has 10 heteroatoms. The van der Waals surface area contributed by atoms with E-state index in [1.165, 1.54) is 23.1 Å². The average Bonchev–Trinajstić information content (AvgIpc) is 2.94. The van der Waals surface area contributed by atoms with Gasteiger partial charge in [-0.25, -0.2) is 8.42 Å². The average molecular weight is 394 g/mol. The Balaban J connectivity index is 2.34. The Bertz CT molecular complexity index is 762. The Morgan fingerprint density at radius 2 is 2.24 bits per heavy atom. The largest absolute Gasteiger partial charge is 0.480 e. The third-order valence-corrected chi connectivity index (χ3v) is 6.71. The molecule has 0 aliphatic carbocycles. The monoisotopic (exact) mass is 393 g/mol. The fourth-order valence-corrected chi connectivity index (χ4v) is 5.05. The lowest BCUT2D eigenvalue weighted by atomic mass is 10.2. The number of aromatic nitrogens is 2. The van der Waals surface area contributed by atoms with Gasteiger partial charge in [0.1, 0.15) is 10.3 Å². The van der Waals surface area contributed by atoms with Gasteiger partial charge in [-0.15, -0.1) is 11.3 Å². The van der Waals surface area contributed by atoms with E-state index in [9.17, 15) is 18.3 Å². The van der Waals surface area contributed by atoms with Crippen molar-refractivity contribution in [3.8, 4) is 0 Å². The van der Waals surface area contributed by atoms with Crippen LogP contribution < -0.4 is 4.72 Å². The van der Waals surface area contributed by atoms with Gasteiger partial charge in [-0.2, -0.15) is 9.82 Å². The molecule has 0 radical (unpaired) electrons. The molecule has 0 aliphatic heterocycles. The number of halogens is 1. The molecule has 2 rings (SSSR count). The van der Waals surface area contributed by atoms with Crippen LogP contribution in [0.25, 0.3) is 0 Å². The standard InChI is InChI=1S/C11H12BrN3O4S2/c1-6-3-8(20-10(6)12)21(18,19)14-9(11(16)17)7-4-13-15(2)5-7/h3-5,9,14H,1-2H3,(H,16,17). The molecule has 21 heavy (non-hydrogen) atoms. The van der Waals surface area contributed by atoms with Crippen molar-refractivity contribution < 1.29 is 18.3 Å². The highest BCUT2D eigenvalue weighted by atomic mass is 79.9. The highest BCUT2D eigenvalue weighted by molar-refractivity contribution is 9.11. The van der Waals surface area contributed by atoms with Crippen LogP contribution >= 0.6 is 27.3 Å². The van der Waals surface area contributed by atoms with Crippen LogP contribution in [0.15, 0.2) is 26.5 Å². The van der Waals surface area contributed by atoms with Crippen molar-refractivity contribution in [1.29, 1.82) is 0 Å². The van der Waals surface area contributed by atoms with E-state index >= 15 is 0 Å². The van der Waals surface area contributed by atoms with Crippen LogP contribution in [-0.2, 0) is 21.9 Å². The molecule has 0 spiro atoms. The smallest absolute Gasteiger partial charge is 0.326 e. The van der Waals surface area contributed by atoms with Gasteiger partial charge < -0.3 is 5.11 Å². The second kappa shape index (κ2) is 5.87. The summed E-state index contributed by atoms with van der Waals surface area (Å²) in [5, 5.41) is 13.1. The third-order valence-electron chi connectivity index (χ3n) is 2.68. The van der Waals surface area contributed by atoms with Gasteiger partial charge in [0.2, 0.25) is 0 Å². The molecule has 0 saturated heterocycles. The second-order valence-corrected chi connectivity index (χ2v) is 8.67. The molecule has 1 unspecified atom stereocenters. The predicted octanol–water partition coefficient (Wildman–Crippen LogP) is 1.66. The summed E-state index contributed by atoms with van der Waals surface area (Å²) in [5.41, 5.74) is 1.04. The van der Waals surface area contributed by atoms with E-state index < -0.39 is 22.0 Å². The van der Waals surface area contributed by atoms with Gasteiger partial charge in [0, 0.05) is 18.8 Å². The number of carbonyl (C=O) groups is 1. The lowest BCUT2D eigenvalue weighted by Crippen LogP contribution is -2.33. The number of rotatable bonds is 5. The number of aliphatic carboxylic acids is 1. The Morgan fingerprint density at radius 1 is 1.57 bits per heavy atom. The minimum absolute atomic E-state index is 0.0574. The first-order chi connectivity index (χ1) is 9.70. The summed E-state index contributed by atoms with van der Waals surface area (Å²) in [5.74, 6) is -1.29. The topological polar surface area (TPSA) is 101 Å². The first-order valence-electron chi connectivity index (χ1n) is 5.70. The molecule has 7 nitrogen and oxygen atoms in total. The number of thiophene rings is 1. The summed E-state index contributed by atoms with van der Waals surface area (Å²) in [6, 6.07) is 0.101. The van der Waals surface area contributed by atoms with Crippen molar-refractivity contribution in [2.45, 2.75) is 17.2 Å². The van der Waals surface area contributed by atoms with E-state index in [2.05, 4.69) is 25.8 Å². The van der Waals surface area contributed by atoms with Crippen LogP contribution in [0.1, 0.15) is 17.2 Å². The third kappa shape index (κ3) is 3.51. The van der Waals surface area contributed by atoms with Crippen LogP contribution in [-0.4, -0.2) is 29.3 Å². The lowest BCUT2D eigenvalue weighted by molar-refractivity contribution is -0.139. The molecular formula is C11H12BrN3O4S2. The fourth-order valence-electron chi connectivity index (χ4n) is 1.63. The van der Waals surface area contributed by atoms with Crippen LogP contribution in [0.2, 0.25) is 0 Å². The van der Waals surface area contributed by atoms with Gasteiger partial charge in [-0.1, -0.05) is 0 Å². The number of nitrogens with zero attached hydrogens (tertiary/aromatic N) is 2. The predicted molar refractivity (Wildman–Crippen MR) is 80.7 cm³/mol. The van der Waals surface area contributed by atoms with Gasteiger partial charge in [0.05, 0.1) is 9.98 Å². The molecule has 2 N–H and O–H groups in total. The Kier molecular flexibility index (Phi) is 4.51. The highest BCUT2D eigenvalue weighted by Gasteiger charge is 2.29. The minimum atomic E-state index is -3.92. The second-order valence-electron chi connectivity index (χ2n) is 4.36. The van der Waals surface area contributed by atoms with E-state index in [0.717, 1.165) is 16.9 Å². The molecule has 114 valence electrons. The Labute approximate surface area is 133 Å². The zero-order valence-electron chi connectivity index (χ0n) is 11.1. The summed E-state index contributed by atoms with van der Waals surface area (Å²) in [4.78, 5) is 11.3. The number of nitrogens with one attached hydrogen (secondary N) is 1. The van der Waals surface area contributed by atoms with Crippen LogP contribution in [0, 0.1) is 6.92 Å². The van der Waals surface area contributed by atoms with Crippen LogP contribution in [0.5, 0.6) is 0 Å². The van der Waals surface area contributed by atoms with E-state index in [4.69, 9.17) is 0 Å². The van der Waals surface area contributed by atoms with E-state index in [0.29, 0.717) is 3.79 Å². The van der Waals surface area contributed by atoms with Gasteiger partial charge in [-0.3, -0.25) is 9.48 Å². The van der Waals surface area contributed by atoms with Crippen LogP contribution in [0.4, 0.5) is 0 Å². The molecular weight excluding hydrogens is 382 g/mol. The zero-order chi connectivity index (χ0) is 15.8. The SMILES string of the molecule is Cc1cc(S(=O)(=O)NC(C(=O)O)c2cnn(C)c2)sc1Br. The zero-order valence-corrected chi connectivity index (χ0v) is 14.3. The molecule has 2 aromatic heterocycles. The fraction of sp³-hybridized carbons (Fsp3) is 0.273. The summed E-state index contributed by atoms with van der Waals surface area (Å²) < 4.78 is 28.9. The maximum Gasteiger partial charge on any atom is 0.326 e. The summed E-state index contributed by atoms with van der Waals surface area (Å²) in [6.45, 7) is 1.76. The molecule has 0 aromatic carbocycles. The molecule has 2 aromatic rings. The van der Waals surface area contributed by atoms with E-state index in [-0.39, 0.29) is 9.77 Å². The molecule has 2 heterocycles. The van der Waals surface area contributed by atoms with Gasteiger partial charge >= 0.3 is 5.97 Å². The van der Waals surface area contributed by atoms with Crippen molar-refractivity contribution in [2.24, 2.45) is 7.05 Å². The normalized spacial score (nSPS) is 13.3. The summed E-state index contributed by atoms with van der Waals surface area (Å²) in [6.07, 6.45) is 2.77. The minimum Gasteiger partial charge on any atom is -0.480 e. The molecule has 0 amide bonds. The number of sulfonamides is 1. The highest BCUT2D eigenvalue weighted by Crippen LogP contribution is 2.31. The van der Waals surface area contributed by atoms with E-state index in [1.807, 2.05) is 0 Å². The van der Waals surface area contributed by atoms with Crippen molar-refractivity contribution in [2.75, 3.05) is 0 Å². The van der Waals surface area contributed by atoms with Gasteiger partial charge in [-0.05, 0) is 34.5 Å². The Hall–Kier alpha value is -1.23. The number of carboxylic acid groups (broad SMARTS) is 1. The molecule has 0 bridgehead atoms. The quantitative estimate of drug-likeness (QED) is 0.803. The summed E-state index contributed by atoms with van der Waals surface area (Å²) in [7, 11) is -2.30. The van der Waals surface area contributed by atoms with Crippen molar-refractivity contribution in [1.82, 2.24) is 14.5 Å². The molecule has 0 saturated carbocycles. The van der Waals surface area contributed by atoms with Crippen molar-refractivity contribution in [3.05, 3.63) is 33.4 Å². The number of hydrogen-bond acceptors (Lipinski definition) is 5. The number of carboxylic acids is 1. The van der Waals surface area contributed by atoms with Crippen molar-refractivity contribution in [3.63, 3.8) is 0 Å². The Morgan fingerprint density at radius 3 is 2.67 bits per heavy atom.